The van der Waals surface area contributed by atoms with Crippen LogP contribution in [0.5, 0.6) is 17.4 Å². The molecule has 0 aliphatic rings. The normalized spacial score (nSPS) is 10.3. The van der Waals surface area contributed by atoms with Crippen LogP contribution >= 0.6 is 0 Å². The Kier molecular flexibility index (Phi) is 7.20. The predicted molar refractivity (Wildman–Crippen MR) is 90.2 cm³/mol. The van der Waals surface area contributed by atoms with Gasteiger partial charge in [0.05, 0.1) is 20.3 Å². The van der Waals surface area contributed by atoms with Crippen LogP contribution in [0.3, 0.4) is 0 Å². The Morgan fingerprint density at radius 1 is 1.09 bits per heavy atom. The Labute approximate surface area is 137 Å². The van der Waals surface area contributed by atoms with Crippen LogP contribution in [0.25, 0.3) is 0 Å². The summed E-state index contributed by atoms with van der Waals surface area (Å²) in [5, 5.41) is 3.40. The molecule has 0 atom stereocenters. The molecule has 5 heteroatoms. The van der Waals surface area contributed by atoms with Crippen molar-refractivity contribution in [3.8, 4) is 17.4 Å². The molecule has 5 nitrogen and oxygen atoms in total. The molecule has 1 aromatic carbocycles. The van der Waals surface area contributed by atoms with Crippen LogP contribution in [0, 0.1) is 0 Å². The Balaban J connectivity index is 1.68. The number of aromatic nitrogens is 1. The lowest BCUT2D eigenvalue weighted by molar-refractivity contribution is 0.296. The van der Waals surface area contributed by atoms with Gasteiger partial charge in [0.25, 0.3) is 0 Å². The summed E-state index contributed by atoms with van der Waals surface area (Å²) in [6, 6.07) is 11.6. The molecule has 0 radical (unpaired) electrons. The predicted octanol–water partition coefficient (Wildman–Crippen LogP) is 3.05. The first-order valence-corrected chi connectivity index (χ1v) is 7.87. The third-order valence-corrected chi connectivity index (χ3v) is 3.24. The molecule has 0 unspecified atom stereocenters. The molecule has 0 bridgehead atoms. The van der Waals surface area contributed by atoms with Crippen molar-refractivity contribution in [3.63, 3.8) is 0 Å². The second-order valence-electron chi connectivity index (χ2n) is 4.96. The van der Waals surface area contributed by atoms with Crippen molar-refractivity contribution in [1.82, 2.24) is 10.3 Å². The maximum Gasteiger partial charge on any atom is 0.213 e. The summed E-state index contributed by atoms with van der Waals surface area (Å²) in [5.74, 6) is 2.22. The zero-order chi connectivity index (χ0) is 16.3. The molecule has 0 saturated carbocycles. The first-order valence-electron chi connectivity index (χ1n) is 7.87. The Hall–Kier alpha value is -2.27. The van der Waals surface area contributed by atoms with Gasteiger partial charge in [-0.05, 0) is 43.7 Å². The zero-order valence-corrected chi connectivity index (χ0v) is 13.7. The second kappa shape index (κ2) is 9.69. The second-order valence-corrected chi connectivity index (χ2v) is 4.96. The van der Waals surface area contributed by atoms with Gasteiger partial charge in [0, 0.05) is 18.8 Å². The number of methoxy groups -OCH3 is 1. The number of nitrogens with zero attached hydrogens (tertiary/aromatic N) is 1. The highest BCUT2D eigenvalue weighted by Crippen LogP contribution is 2.27. The van der Waals surface area contributed by atoms with Gasteiger partial charge in [-0.2, -0.15) is 0 Å². The van der Waals surface area contributed by atoms with Gasteiger partial charge in [0.2, 0.25) is 5.88 Å². The van der Waals surface area contributed by atoms with Gasteiger partial charge in [-0.1, -0.05) is 12.1 Å². The molecule has 0 aliphatic carbocycles. The fraction of sp³-hybridized carbons (Fsp3) is 0.389. The summed E-state index contributed by atoms with van der Waals surface area (Å²) >= 11 is 0. The van der Waals surface area contributed by atoms with E-state index in [2.05, 4.69) is 10.3 Å². The molecule has 124 valence electrons. The van der Waals surface area contributed by atoms with Crippen LogP contribution in [0.4, 0.5) is 0 Å². The van der Waals surface area contributed by atoms with Crippen molar-refractivity contribution < 1.29 is 14.2 Å². The maximum absolute atomic E-state index is 5.58. The molecule has 0 fully saturated rings. The molecule has 2 rings (SSSR count). The lowest BCUT2D eigenvalue weighted by Crippen LogP contribution is -2.17. The zero-order valence-electron chi connectivity index (χ0n) is 13.7. The molecular weight excluding hydrogens is 292 g/mol. The lowest BCUT2D eigenvalue weighted by Gasteiger charge is -2.11. The number of pyridine rings is 1. The summed E-state index contributed by atoms with van der Waals surface area (Å²) in [5.41, 5.74) is 1.17. The van der Waals surface area contributed by atoms with E-state index in [9.17, 15) is 0 Å². The highest BCUT2D eigenvalue weighted by atomic mass is 16.5. The van der Waals surface area contributed by atoms with E-state index in [1.807, 2.05) is 43.3 Å². The van der Waals surface area contributed by atoms with Crippen molar-refractivity contribution in [2.24, 2.45) is 0 Å². The van der Waals surface area contributed by atoms with Crippen molar-refractivity contribution in [3.05, 3.63) is 48.2 Å². The number of ether oxygens (including phenoxy) is 3. The summed E-state index contributed by atoms with van der Waals surface area (Å²) < 4.78 is 16.4. The topological polar surface area (TPSA) is 52.6 Å². The Bertz CT molecular complexity index is 576. The smallest absolute Gasteiger partial charge is 0.213 e. The van der Waals surface area contributed by atoms with Gasteiger partial charge >= 0.3 is 0 Å². The van der Waals surface area contributed by atoms with Gasteiger partial charge in [-0.25, -0.2) is 4.98 Å². The molecule has 1 aromatic heterocycles. The third kappa shape index (κ3) is 5.79. The number of hydrogen-bond acceptors (Lipinski definition) is 5. The fourth-order valence-electron chi connectivity index (χ4n) is 2.14. The van der Waals surface area contributed by atoms with Crippen molar-refractivity contribution in [1.29, 1.82) is 0 Å². The molecular formula is C18H24N2O3. The van der Waals surface area contributed by atoms with Crippen molar-refractivity contribution in [2.75, 3.05) is 26.9 Å². The van der Waals surface area contributed by atoms with Gasteiger partial charge in [0.15, 0.2) is 11.5 Å². The molecule has 0 amide bonds. The Morgan fingerprint density at radius 3 is 2.74 bits per heavy atom. The van der Waals surface area contributed by atoms with E-state index >= 15 is 0 Å². The van der Waals surface area contributed by atoms with Gasteiger partial charge in [-0.15, -0.1) is 0 Å². The summed E-state index contributed by atoms with van der Waals surface area (Å²) in [6.45, 7) is 4.90. The number of nitrogens with one attached hydrogen (secondary N) is 1. The average molecular weight is 316 g/mol. The highest BCUT2D eigenvalue weighted by Gasteiger charge is 2.05. The lowest BCUT2D eigenvalue weighted by atomic mass is 10.2. The first-order chi connectivity index (χ1) is 11.3. The van der Waals surface area contributed by atoms with Crippen LogP contribution in [-0.4, -0.2) is 31.9 Å². The monoisotopic (exact) mass is 316 g/mol. The standard InChI is InChI=1S/C18H24N2O3/c1-3-22-17-13-15(8-9-16(17)21-2)14-19-10-6-12-23-18-7-4-5-11-20-18/h4-5,7-9,11,13,19H,3,6,10,12,14H2,1-2H3. The van der Waals surface area contributed by atoms with E-state index in [-0.39, 0.29) is 0 Å². The van der Waals surface area contributed by atoms with Crippen LogP contribution in [0.2, 0.25) is 0 Å². The number of rotatable bonds is 10. The van der Waals surface area contributed by atoms with E-state index < -0.39 is 0 Å². The van der Waals surface area contributed by atoms with E-state index in [0.717, 1.165) is 31.0 Å². The van der Waals surface area contributed by atoms with Crippen LogP contribution < -0.4 is 19.5 Å². The molecule has 2 aromatic rings. The Morgan fingerprint density at radius 2 is 2.00 bits per heavy atom. The maximum atomic E-state index is 5.58. The number of hydrogen-bond donors (Lipinski definition) is 1. The van der Waals surface area contributed by atoms with Crippen molar-refractivity contribution >= 4 is 0 Å². The fourth-order valence-corrected chi connectivity index (χ4v) is 2.14. The van der Waals surface area contributed by atoms with Crippen LogP contribution in [-0.2, 0) is 6.54 Å². The minimum Gasteiger partial charge on any atom is -0.493 e. The summed E-state index contributed by atoms with van der Waals surface area (Å²) in [7, 11) is 1.65. The number of benzene rings is 1. The minimum absolute atomic E-state index is 0.623. The average Bonchev–Trinajstić information content (AvgIpc) is 2.59. The first kappa shape index (κ1) is 17.1. The third-order valence-electron chi connectivity index (χ3n) is 3.24. The molecule has 1 N–H and O–H groups in total. The summed E-state index contributed by atoms with van der Waals surface area (Å²) in [6.07, 6.45) is 2.65. The van der Waals surface area contributed by atoms with Crippen LogP contribution in [0.15, 0.2) is 42.6 Å². The SMILES string of the molecule is CCOc1cc(CNCCCOc2ccccn2)ccc1OC. The highest BCUT2D eigenvalue weighted by molar-refractivity contribution is 5.42. The quantitative estimate of drug-likeness (QED) is 0.683. The molecule has 0 saturated heterocycles. The molecule has 0 aliphatic heterocycles. The van der Waals surface area contributed by atoms with Crippen molar-refractivity contribution in [2.45, 2.75) is 19.9 Å². The van der Waals surface area contributed by atoms with E-state index in [1.54, 1.807) is 13.3 Å². The molecule has 23 heavy (non-hydrogen) atoms. The molecule has 0 spiro atoms. The molecule has 1 heterocycles. The van der Waals surface area contributed by atoms with Gasteiger partial charge < -0.3 is 19.5 Å². The van der Waals surface area contributed by atoms with E-state index in [0.29, 0.717) is 19.1 Å². The largest absolute Gasteiger partial charge is 0.493 e. The van der Waals surface area contributed by atoms with E-state index in [4.69, 9.17) is 14.2 Å². The minimum atomic E-state index is 0.623. The van der Waals surface area contributed by atoms with Crippen LogP contribution in [0.1, 0.15) is 18.9 Å². The summed E-state index contributed by atoms with van der Waals surface area (Å²) in [4.78, 5) is 4.12. The van der Waals surface area contributed by atoms with Gasteiger partial charge in [-0.3, -0.25) is 0 Å². The van der Waals surface area contributed by atoms with E-state index in [1.165, 1.54) is 5.56 Å². The van der Waals surface area contributed by atoms with Gasteiger partial charge in [0.1, 0.15) is 0 Å².